The number of hydrogen-bond donors (Lipinski definition) is 1. The van der Waals surface area contributed by atoms with Crippen molar-refractivity contribution in [1.29, 1.82) is 0 Å². The van der Waals surface area contributed by atoms with E-state index in [4.69, 9.17) is 11.6 Å². The number of rotatable bonds is 2. The van der Waals surface area contributed by atoms with Gasteiger partial charge in [0.05, 0.1) is 0 Å². The molecule has 3 heteroatoms. The molecular formula is C16H14ClNO. The molecule has 0 fully saturated rings. The van der Waals surface area contributed by atoms with Gasteiger partial charge in [-0.05, 0) is 34.7 Å². The van der Waals surface area contributed by atoms with Crippen LogP contribution < -0.4 is 5.32 Å². The molecule has 0 bridgehead atoms. The molecule has 0 aliphatic carbocycles. The lowest BCUT2D eigenvalue weighted by Crippen LogP contribution is -2.52. The Balaban J connectivity index is 2.27. The summed E-state index contributed by atoms with van der Waals surface area (Å²) in [5, 5.41) is 2.94. The first-order chi connectivity index (χ1) is 9.25. The van der Waals surface area contributed by atoms with Crippen LogP contribution in [0.1, 0.15) is 16.7 Å². The summed E-state index contributed by atoms with van der Waals surface area (Å²) in [6.07, 6.45) is 0.912. The highest BCUT2D eigenvalue weighted by Crippen LogP contribution is 2.36. The molecule has 2 aromatic carbocycles. The van der Waals surface area contributed by atoms with E-state index in [-0.39, 0.29) is 5.24 Å². The van der Waals surface area contributed by atoms with Crippen LogP contribution in [0.15, 0.2) is 54.6 Å². The number of fused-ring (bicyclic) bond motifs is 1. The Labute approximate surface area is 117 Å². The van der Waals surface area contributed by atoms with Gasteiger partial charge in [0.25, 0.3) is 5.24 Å². The highest BCUT2D eigenvalue weighted by atomic mass is 35.5. The summed E-state index contributed by atoms with van der Waals surface area (Å²) < 4.78 is 0. The summed E-state index contributed by atoms with van der Waals surface area (Å²) in [6, 6.07) is 17.7. The highest BCUT2D eigenvalue weighted by Gasteiger charge is 2.43. The number of halogens is 1. The molecule has 1 atom stereocenters. The SMILES string of the molecule is O=C(Cl)[C@@]1(c2ccccc2)NCCc2ccccc21. The van der Waals surface area contributed by atoms with Gasteiger partial charge in [0.15, 0.2) is 0 Å². The summed E-state index contributed by atoms with van der Waals surface area (Å²) in [5.74, 6) is 0. The Morgan fingerprint density at radius 1 is 1.05 bits per heavy atom. The zero-order chi connectivity index (χ0) is 13.3. The third kappa shape index (κ3) is 1.88. The van der Waals surface area contributed by atoms with Crippen LogP contribution in [0.3, 0.4) is 0 Å². The fourth-order valence-electron chi connectivity index (χ4n) is 2.82. The van der Waals surface area contributed by atoms with Crippen LogP contribution in [0.25, 0.3) is 0 Å². The van der Waals surface area contributed by atoms with Crippen molar-refractivity contribution in [3.8, 4) is 0 Å². The molecule has 3 rings (SSSR count). The molecule has 0 spiro atoms. The maximum absolute atomic E-state index is 12.2. The summed E-state index contributed by atoms with van der Waals surface area (Å²) >= 11 is 5.97. The van der Waals surface area contributed by atoms with Gasteiger partial charge in [0, 0.05) is 6.54 Å². The summed E-state index contributed by atoms with van der Waals surface area (Å²) in [6.45, 7) is 0.740. The molecule has 0 unspecified atom stereocenters. The van der Waals surface area contributed by atoms with Crippen molar-refractivity contribution in [3.05, 3.63) is 71.3 Å². The van der Waals surface area contributed by atoms with Gasteiger partial charge in [-0.1, -0.05) is 54.6 Å². The normalized spacial score (nSPS) is 21.7. The van der Waals surface area contributed by atoms with Crippen molar-refractivity contribution in [2.45, 2.75) is 12.0 Å². The first-order valence-corrected chi connectivity index (χ1v) is 6.72. The number of hydrogen-bond acceptors (Lipinski definition) is 2. The van der Waals surface area contributed by atoms with Gasteiger partial charge in [-0.25, -0.2) is 0 Å². The van der Waals surface area contributed by atoms with E-state index in [0.29, 0.717) is 0 Å². The van der Waals surface area contributed by atoms with Gasteiger partial charge in [-0.15, -0.1) is 0 Å². The van der Waals surface area contributed by atoms with Crippen LogP contribution in [-0.4, -0.2) is 11.8 Å². The largest absolute Gasteiger partial charge is 0.296 e. The van der Waals surface area contributed by atoms with E-state index in [1.165, 1.54) is 5.56 Å². The predicted molar refractivity (Wildman–Crippen MR) is 76.2 cm³/mol. The third-order valence-corrected chi connectivity index (χ3v) is 3.99. The second kappa shape index (κ2) is 4.80. The quantitative estimate of drug-likeness (QED) is 0.851. The van der Waals surface area contributed by atoms with Gasteiger partial charge in [-0.2, -0.15) is 0 Å². The van der Waals surface area contributed by atoms with Crippen molar-refractivity contribution in [3.63, 3.8) is 0 Å². The minimum Gasteiger partial charge on any atom is -0.296 e. The van der Waals surface area contributed by atoms with E-state index in [0.717, 1.165) is 24.1 Å². The Morgan fingerprint density at radius 3 is 2.47 bits per heavy atom. The lowest BCUT2D eigenvalue weighted by Gasteiger charge is -2.37. The van der Waals surface area contributed by atoms with Crippen LogP contribution >= 0.6 is 11.6 Å². The van der Waals surface area contributed by atoms with Crippen molar-refractivity contribution in [2.24, 2.45) is 0 Å². The van der Waals surface area contributed by atoms with E-state index < -0.39 is 5.54 Å². The van der Waals surface area contributed by atoms with Gasteiger partial charge in [-0.3, -0.25) is 10.1 Å². The summed E-state index contributed by atoms with van der Waals surface area (Å²) in [7, 11) is 0. The Kier molecular flexibility index (Phi) is 3.13. The molecule has 1 heterocycles. The Bertz CT molecular complexity index is 611. The monoisotopic (exact) mass is 271 g/mol. The molecule has 1 N–H and O–H groups in total. The molecule has 0 saturated carbocycles. The molecule has 0 amide bonds. The van der Waals surface area contributed by atoms with Gasteiger partial charge < -0.3 is 0 Å². The highest BCUT2D eigenvalue weighted by molar-refractivity contribution is 6.66. The summed E-state index contributed by atoms with van der Waals surface area (Å²) in [5.41, 5.74) is 2.12. The van der Waals surface area contributed by atoms with E-state index in [2.05, 4.69) is 11.4 Å². The second-order valence-electron chi connectivity index (χ2n) is 4.72. The van der Waals surface area contributed by atoms with E-state index in [9.17, 15) is 4.79 Å². The second-order valence-corrected chi connectivity index (χ2v) is 5.07. The molecule has 0 radical (unpaired) electrons. The molecule has 19 heavy (non-hydrogen) atoms. The molecule has 2 nitrogen and oxygen atoms in total. The topological polar surface area (TPSA) is 29.1 Å². The first kappa shape index (κ1) is 12.4. The third-order valence-electron chi connectivity index (χ3n) is 3.71. The smallest absolute Gasteiger partial charge is 0.250 e. The average molecular weight is 272 g/mol. The van der Waals surface area contributed by atoms with Crippen molar-refractivity contribution in [1.82, 2.24) is 5.32 Å². The van der Waals surface area contributed by atoms with E-state index in [1.807, 2.05) is 48.5 Å². The zero-order valence-corrected chi connectivity index (χ0v) is 11.2. The Hall–Kier alpha value is -1.64. The van der Waals surface area contributed by atoms with Crippen LogP contribution in [0.2, 0.25) is 0 Å². The lowest BCUT2D eigenvalue weighted by molar-refractivity contribution is -0.116. The maximum Gasteiger partial charge on any atom is 0.250 e. The van der Waals surface area contributed by atoms with Gasteiger partial charge in [0.2, 0.25) is 0 Å². The fraction of sp³-hybridized carbons (Fsp3) is 0.188. The summed E-state index contributed by atoms with van der Waals surface area (Å²) in [4.78, 5) is 12.2. The maximum atomic E-state index is 12.2. The number of carbonyl (C=O) groups is 1. The first-order valence-electron chi connectivity index (χ1n) is 6.34. The van der Waals surface area contributed by atoms with Crippen LogP contribution in [0.4, 0.5) is 0 Å². The van der Waals surface area contributed by atoms with Crippen molar-refractivity contribution < 1.29 is 4.79 Å². The van der Waals surface area contributed by atoms with Crippen molar-refractivity contribution in [2.75, 3.05) is 6.54 Å². The standard InChI is InChI=1S/C16H14ClNO/c17-15(19)16(13-7-2-1-3-8-13)14-9-5-4-6-12(14)10-11-18-16/h1-9,18H,10-11H2/t16-/m0/s1. The Morgan fingerprint density at radius 2 is 1.74 bits per heavy atom. The molecule has 96 valence electrons. The van der Waals surface area contributed by atoms with Gasteiger partial charge in [0.1, 0.15) is 5.54 Å². The lowest BCUT2D eigenvalue weighted by atomic mass is 9.78. The van der Waals surface area contributed by atoms with Crippen molar-refractivity contribution >= 4 is 16.8 Å². The van der Waals surface area contributed by atoms with Gasteiger partial charge >= 0.3 is 0 Å². The zero-order valence-electron chi connectivity index (χ0n) is 10.4. The number of carbonyl (C=O) groups excluding carboxylic acids is 1. The number of benzene rings is 2. The molecule has 1 aliphatic rings. The minimum atomic E-state index is -0.919. The van der Waals surface area contributed by atoms with Crippen LogP contribution in [0.5, 0.6) is 0 Å². The van der Waals surface area contributed by atoms with Crippen LogP contribution in [-0.2, 0) is 16.8 Å². The van der Waals surface area contributed by atoms with E-state index >= 15 is 0 Å². The van der Waals surface area contributed by atoms with Crippen LogP contribution in [0, 0.1) is 0 Å². The molecule has 0 aromatic heterocycles. The fourth-order valence-corrected chi connectivity index (χ4v) is 3.10. The molecular weight excluding hydrogens is 258 g/mol. The van der Waals surface area contributed by atoms with E-state index in [1.54, 1.807) is 0 Å². The molecule has 1 aliphatic heterocycles. The molecule has 0 saturated heterocycles. The average Bonchev–Trinajstić information content (AvgIpc) is 2.47. The number of nitrogens with one attached hydrogen (secondary N) is 1. The molecule has 2 aromatic rings. The minimum absolute atomic E-state index is 0.383. The predicted octanol–water partition coefficient (Wildman–Crippen LogP) is 2.84.